The van der Waals surface area contributed by atoms with Gasteiger partial charge in [0.2, 0.25) is 0 Å². The molecule has 0 spiro atoms. The van der Waals surface area contributed by atoms with Crippen LogP contribution in [-0.2, 0) is 12.4 Å². The molecule has 4 heterocycles. The van der Waals surface area contributed by atoms with Crippen LogP contribution in [0.2, 0.25) is 0 Å². The summed E-state index contributed by atoms with van der Waals surface area (Å²) < 4.78 is 81.3. The predicted octanol–water partition coefficient (Wildman–Crippen LogP) is 9.03. The zero-order valence-corrected chi connectivity index (χ0v) is 21.6. The van der Waals surface area contributed by atoms with Crippen LogP contribution in [0.4, 0.5) is 26.3 Å². The van der Waals surface area contributed by atoms with Gasteiger partial charge in [-0.1, -0.05) is 48.6 Å². The molecule has 6 rings (SSSR count). The first kappa shape index (κ1) is 27.1. The summed E-state index contributed by atoms with van der Waals surface area (Å²) >= 11 is 0. The first-order chi connectivity index (χ1) is 20.1. The highest BCUT2D eigenvalue weighted by Gasteiger charge is 2.30. The molecule has 4 nitrogen and oxygen atoms in total. The van der Waals surface area contributed by atoms with Gasteiger partial charge in [0.1, 0.15) is 0 Å². The molecular formula is C32H20F6N4. The van der Waals surface area contributed by atoms with Crippen LogP contribution in [0.25, 0.3) is 47.0 Å². The van der Waals surface area contributed by atoms with Crippen LogP contribution >= 0.6 is 0 Å². The smallest absolute Gasteiger partial charge is 0.297 e. The third-order valence-corrected chi connectivity index (χ3v) is 6.70. The van der Waals surface area contributed by atoms with E-state index in [0.29, 0.717) is 34.2 Å². The Balaban J connectivity index is 1.38. The molecule has 0 aliphatic heterocycles. The van der Waals surface area contributed by atoms with E-state index in [9.17, 15) is 26.3 Å². The van der Waals surface area contributed by atoms with Crippen molar-refractivity contribution >= 4 is 35.3 Å². The maximum absolute atomic E-state index is 12.9. The van der Waals surface area contributed by atoms with E-state index >= 15 is 0 Å². The fourth-order valence-corrected chi connectivity index (χ4v) is 4.60. The van der Waals surface area contributed by atoms with Crippen LogP contribution in [0.1, 0.15) is 33.6 Å². The van der Waals surface area contributed by atoms with Crippen LogP contribution in [0, 0.1) is 0 Å². The van der Waals surface area contributed by atoms with E-state index in [1.165, 1.54) is 24.3 Å². The van der Waals surface area contributed by atoms with E-state index in [2.05, 4.69) is 0 Å². The van der Waals surface area contributed by atoms with E-state index in [0.717, 1.165) is 35.3 Å². The predicted molar refractivity (Wildman–Crippen MR) is 150 cm³/mol. The highest BCUT2D eigenvalue weighted by atomic mass is 19.4. The number of halogens is 6. The summed E-state index contributed by atoms with van der Waals surface area (Å²) in [5, 5.41) is 0. The number of alkyl halides is 6. The second-order valence-corrected chi connectivity index (χ2v) is 9.46. The van der Waals surface area contributed by atoms with Crippen molar-refractivity contribution in [1.82, 2.24) is 18.8 Å². The van der Waals surface area contributed by atoms with Crippen LogP contribution in [-0.4, -0.2) is 18.8 Å². The summed E-state index contributed by atoms with van der Waals surface area (Å²) in [5.74, 6) is 1.07. The van der Waals surface area contributed by atoms with Crippen molar-refractivity contribution in [2.24, 2.45) is 0 Å². The topological polar surface area (TPSA) is 34.6 Å². The molecule has 42 heavy (non-hydrogen) atoms. The summed E-state index contributed by atoms with van der Waals surface area (Å²) in [5.41, 5.74) is 2.47. The number of rotatable bonds is 5. The summed E-state index contributed by atoms with van der Waals surface area (Å²) in [4.78, 5) is 9.66. The third kappa shape index (κ3) is 5.30. The molecular weight excluding hydrogens is 554 g/mol. The van der Waals surface area contributed by atoms with Gasteiger partial charge in [-0.05, 0) is 71.8 Å². The molecule has 0 bridgehead atoms. The lowest BCUT2D eigenvalue weighted by Crippen LogP contribution is -2.03. The molecule has 0 aliphatic carbocycles. The molecule has 0 N–H and O–H groups in total. The molecule has 0 saturated carbocycles. The summed E-state index contributed by atoms with van der Waals surface area (Å²) in [6.07, 6.45) is 1.74. The second kappa shape index (κ2) is 10.4. The van der Waals surface area contributed by atoms with Gasteiger partial charge in [-0.2, -0.15) is 26.3 Å². The molecule has 4 aromatic heterocycles. The third-order valence-electron chi connectivity index (χ3n) is 6.70. The van der Waals surface area contributed by atoms with Gasteiger partial charge in [-0.25, -0.2) is 9.97 Å². The number of nitrogens with zero attached hydrogens (tertiary/aromatic N) is 4. The maximum atomic E-state index is 12.9. The van der Waals surface area contributed by atoms with Crippen molar-refractivity contribution in [3.05, 3.63) is 131 Å². The molecule has 0 atom stereocenters. The maximum Gasteiger partial charge on any atom is 0.416 e. The molecule has 0 radical (unpaired) electrons. The number of imidazole rings is 2. The van der Waals surface area contributed by atoms with Crippen molar-refractivity contribution in [3.8, 4) is 11.6 Å². The lowest BCUT2D eigenvalue weighted by atomic mass is 10.1. The zero-order chi connectivity index (χ0) is 29.5. The molecule has 210 valence electrons. The highest BCUT2D eigenvalue weighted by molar-refractivity contribution is 5.81. The first-order valence-electron chi connectivity index (χ1n) is 12.7. The molecule has 0 saturated heterocycles. The lowest BCUT2D eigenvalue weighted by Gasteiger charge is -2.05. The Labute approximate surface area is 235 Å². The van der Waals surface area contributed by atoms with E-state index in [4.69, 9.17) is 9.97 Å². The Hall–Kier alpha value is -5.12. The average Bonchev–Trinajstić information content (AvgIpc) is 3.53. The molecule has 0 fully saturated rings. The Morgan fingerprint density at radius 3 is 1.21 bits per heavy atom. The average molecular weight is 575 g/mol. The Morgan fingerprint density at radius 2 is 0.857 bits per heavy atom. The number of pyridine rings is 2. The van der Waals surface area contributed by atoms with Gasteiger partial charge in [0.05, 0.1) is 33.5 Å². The van der Waals surface area contributed by atoms with Gasteiger partial charge >= 0.3 is 12.4 Å². The molecule has 0 unspecified atom stereocenters. The minimum atomic E-state index is -4.41. The molecule has 10 heteroatoms. The van der Waals surface area contributed by atoms with E-state index in [1.54, 1.807) is 24.3 Å². The van der Waals surface area contributed by atoms with Crippen LogP contribution in [0.3, 0.4) is 0 Å². The summed E-state index contributed by atoms with van der Waals surface area (Å²) in [7, 11) is 0. The molecule has 0 aliphatic rings. The van der Waals surface area contributed by atoms with E-state index in [-0.39, 0.29) is 0 Å². The van der Waals surface area contributed by atoms with Gasteiger partial charge in [-0.15, -0.1) is 0 Å². The first-order valence-corrected chi connectivity index (χ1v) is 12.7. The quantitative estimate of drug-likeness (QED) is 0.193. The van der Waals surface area contributed by atoms with Gasteiger partial charge in [0, 0.05) is 12.4 Å². The van der Waals surface area contributed by atoms with E-state index in [1.807, 2.05) is 57.6 Å². The molecule has 2 aromatic carbocycles. The monoisotopic (exact) mass is 574 g/mol. The Kier molecular flexibility index (Phi) is 6.68. The summed E-state index contributed by atoms with van der Waals surface area (Å²) in [6, 6.07) is 20.9. The highest BCUT2D eigenvalue weighted by Crippen LogP contribution is 2.31. The zero-order valence-electron chi connectivity index (χ0n) is 21.6. The largest absolute Gasteiger partial charge is 0.416 e. The van der Waals surface area contributed by atoms with Crippen LogP contribution < -0.4 is 0 Å². The van der Waals surface area contributed by atoms with Crippen molar-refractivity contribution in [3.63, 3.8) is 0 Å². The molecule has 6 aromatic rings. The minimum Gasteiger partial charge on any atom is -0.297 e. The van der Waals surface area contributed by atoms with Gasteiger partial charge in [0.15, 0.2) is 11.6 Å². The SMILES string of the molecule is FC(F)(F)c1ccc(/C=C/c2nc(-c3nc(/C=C/c4ccc(C(F)(F)F)cc4)c4ccccn34)n3ccccc23)cc1. The van der Waals surface area contributed by atoms with Crippen LogP contribution in [0.15, 0.2) is 97.3 Å². The minimum absolute atomic E-state index is 0.535. The van der Waals surface area contributed by atoms with Crippen molar-refractivity contribution < 1.29 is 26.3 Å². The van der Waals surface area contributed by atoms with Gasteiger partial charge in [0.25, 0.3) is 0 Å². The Morgan fingerprint density at radius 1 is 0.476 bits per heavy atom. The normalized spacial score (nSPS) is 12.8. The number of benzene rings is 2. The van der Waals surface area contributed by atoms with Crippen LogP contribution in [0.5, 0.6) is 0 Å². The Bertz CT molecular complexity index is 1800. The summed E-state index contributed by atoms with van der Waals surface area (Å²) in [6.45, 7) is 0. The van der Waals surface area contributed by atoms with Crippen molar-refractivity contribution in [1.29, 1.82) is 0 Å². The number of hydrogen-bond acceptors (Lipinski definition) is 2. The molecule has 0 amide bonds. The van der Waals surface area contributed by atoms with Gasteiger partial charge < -0.3 is 0 Å². The van der Waals surface area contributed by atoms with Crippen molar-refractivity contribution in [2.45, 2.75) is 12.4 Å². The fourth-order valence-electron chi connectivity index (χ4n) is 4.60. The van der Waals surface area contributed by atoms with Gasteiger partial charge in [-0.3, -0.25) is 8.80 Å². The lowest BCUT2D eigenvalue weighted by molar-refractivity contribution is -0.138. The van der Waals surface area contributed by atoms with Crippen molar-refractivity contribution in [2.75, 3.05) is 0 Å². The number of aromatic nitrogens is 4. The second-order valence-electron chi connectivity index (χ2n) is 9.46. The number of hydrogen-bond donors (Lipinski definition) is 0. The van der Waals surface area contributed by atoms with E-state index < -0.39 is 23.5 Å². The fraction of sp³-hybridized carbons (Fsp3) is 0.0625. The number of fused-ring (bicyclic) bond motifs is 2. The standard InChI is InChI=1S/C32H20F6N4/c33-31(34,35)23-13-7-21(8-14-23)11-17-25-27-5-1-3-19-41(27)29(39-25)30-40-26(28-6-2-4-20-42(28)30)18-12-22-9-15-24(16-10-22)32(36,37)38/h1-20H/b17-11+,18-12+.